The van der Waals surface area contributed by atoms with Crippen LogP contribution in [0.2, 0.25) is 0 Å². The van der Waals surface area contributed by atoms with Gasteiger partial charge in [-0.1, -0.05) is 62.2 Å². The van der Waals surface area contributed by atoms with Crippen LogP contribution in [0.5, 0.6) is 0 Å². The summed E-state index contributed by atoms with van der Waals surface area (Å²) >= 11 is 0. The molecular formula is C18H27N. The number of allylic oxidation sites excluding steroid dienone is 1. The number of hydrogen-bond donors (Lipinski definition) is 0. The molecule has 1 saturated heterocycles. The van der Waals surface area contributed by atoms with Crippen LogP contribution in [0.1, 0.15) is 45.1 Å². The van der Waals surface area contributed by atoms with E-state index in [1.165, 1.54) is 44.3 Å². The van der Waals surface area contributed by atoms with Crippen LogP contribution in [-0.2, 0) is 6.54 Å². The molecule has 1 heterocycles. The summed E-state index contributed by atoms with van der Waals surface area (Å²) in [7, 11) is 0. The molecule has 0 spiro atoms. The molecule has 0 bridgehead atoms. The molecule has 0 aliphatic carbocycles. The lowest BCUT2D eigenvalue weighted by molar-refractivity contribution is 0.274. The third kappa shape index (κ3) is 4.50. The molecule has 1 nitrogen and oxygen atoms in total. The lowest BCUT2D eigenvalue weighted by atomic mass is 9.95. The molecule has 1 aliphatic heterocycles. The van der Waals surface area contributed by atoms with Gasteiger partial charge < -0.3 is 0 Å². The van der Waals surface area contributed by atoms with Crippen molar-refractivity contribution in [1.82, 2.24) is 4.90 Å². The monoisotopic (exact) mass is 257 g/mol. The van der Waals surface area contributed by atoms with Gasteiger partial charge in [-0.15, -0.1) is 0 Å². The van der Waals surface area contributed by atoms with Crippen molar-refractivity contribution in [2.24, 2.45) is 5.92 Å². The summed E-state index contributed by atoms with van der Waals surface area (Å²) in [4.78, 5) is 2.61. The molecule has 0 aromatic heterocycles. The summed E-state index contributed by atoms with van der Waals surface area (Å²) in [6, 6.07) is 10.9. The summed E-state index contributed by atoms with van der Waals surface area (Å²) in [5, 5.41) is 0. The van der Waals surface area contributed by atoms with Gasteiger partial charge in [-0.25, -0.2) is 0 Å². The van der Waals surface area contributed by atoms with Crippen molar-refractivity contribution in [3.63, 3.8) is 0 Å². The maximum Gasteiger partial charge on any atom is 0.0233 e. The zero-order valence-electron chi connectivity index (χ0n) is 12.4. The Morgan fingerprint density at radius 2 is 2.00 bits per heavy atom. The Hall–Kier alpha value is -1.08. The van der Waals surface area contributed by atoms with E-state index in [0.717, 1.165) is 12.5 Å². The van der Waals surface area contributed by atoms with E-state index in [1.54, 1.807) is 5.57 Å². The Labute approximate surface area is 118 Å². The molecule has 0 amide bonds. The predicted octanol–water partition coefficient (Wildman–Crippen LogP) is 4.65. The van der Waals surface area contributed by atoms with Gasteiger partial charge in [-0.3, -0.25) is 4.90 Å². The van der Waals surface area contributed by atoms with Crippen molar-refractivity contribution in [2.75, 3.05) is 13.1 Å². The van der Waals surface area contributed by atoms with Crippen molar-refractivity contribution in [1.29, 1.82) is 0 Å². The number of rotatable bonds is 4. The highest BCUT2D eigenvalue weighted by Crippen LogP contribution is 2.24. The van der Waals surface area contributed by atoms with Gasteiger partial charge in [0.05, 0.1) is 0 Å². The molecule has 1 aromatic rings. The average molecular weight is 257 g/mol. The van der Waals surface area contributed by atoms with Gasteiger partial charge in [0.1, 0.15) is 0 Å². The first-order chi connectivity index (χ1) is 9.29. The minimum absolute atomic E-state index is 0.771. The summed E-state index contributed by atoms with van der Waals surface area (Å²) in [6.45, 7) is 8.22. The summed E-state index contributed by atoms with van der Waals surface area (Å²) in [5.41, 5.74) is 3.13. The fraction of sp³-hybridized carbons (Fsp3) is 0.556. The molecule has 1 heteroatoms. The van der Waals surface area contributed by atoms with E-state index < -0.39 is 0 Å². The van der Waals surface area contributed by atoms with E-state index in [0.29, 0.717) is 0 Å². The molecule has 1 aromatic carbocycles. The van der Waals surface area contributed by atoms with E-state index in [9.17, 15) is 0 Å². The Morgan fingerprint density at radius 1 is 1.21 bits per heavy atom. The second-order valence-electron chi connectivity index (χ2n) is 5.77. The van der Waals surface area contributed by atoms with Crippen molar-refractivity contribution in [3.8, 4) is 0 Å². The van der Waals surface area contributed by atoms with E-state index >= 15 is 0 Å². The molecule has 1 unspecified atom stereocenters. The van der Waals surface area contributed by atoms with E-state index in [1.807, 2.05) is 0 Å². The van der Waals surface area contributed by atoms with Crippen molar-refractivity contribution in [3.05, 3.63) is 47.5 Å². The van der Waals surface area contributed by atoms with Gasteiger partial charge in [0.25, 0.3) is 0 Å². The van der Waals surface area contributed by atoms with E-state index in [-0.39, 0.29) is 0 Å². The number of benzene rings is 1. The van der Waals surface area contributed by atoms with Crippen LogP contribution in [0.4, 0.5) is 0 Å². The first-order valence-corrected chi connectivity index (χ1v) is 7.74. The maximum absolute atomic E-state index is 2.61. The first kappa shape index (κ1) is 14.3. The molecule has 104 valence electrons. The zero-order valence-corrected chi connectivity index (χ0v) is 12.4. The highest BCUT2D eigenvalue weighted by molar-refractivity contribution is 5.15. The van der Waals surface area contributed by atoms with Crippen molar-refractivity contribution < 1.29 is 0 Å². The number of likely N-dealkylation sites (tertiary alicyclic amines) is 1. The number of nitrogens with zero attached hydrogens (tertiary/aromatic N) is 1. The summed E-state index contributed by atoms with van der Waals surface area (Å²) in [5.74, 6) is 0.771. The van der Waals surface area contributed by atoms with Gasteiger partial charge >= 0.3 is 0 Å². The first-order valence-electron chi connectivity index (χ1n) is 7.74. The van der Waals surface area contributed by atoms with Crippen LogP contribution in [0, 0.1) is 5.92 Å². The summed E-state index contributed by atoms with van der Waals surface area (Å²) < 4.78 is 0. The smallest absolute Gasteiger partial charge is 0.0233 e. The molecule has 0 radical (unpaired) electrons. The molecule has 0 N–H and O–H groups in total. The van der Waals surface area contributed by atoms with Gasteiger partial charge in [-0.2, -0.15) is 0 Å². The lowest BCUT2D eigenvalue weighted by Gasteiger charge is -2.19. The van der Waals surface area contributed by atoms with Crippen LogP contribution in [0.3, 0.4) is 0 Å². The summed E-state index contributed by atoms with van der Waals surface area (Å²) in [6.07, 6.45) is 7.58. The van der Waals surface area contributed by atoms with Gasteiger partial charge in [-0.05, 0) is 37.3 Å². The van der Waals surface area contributed by atoms with E-state index in [2.05, 4.69) is 55.2 Å². The van der Waals surface area contributed by atoms with Crippen molar-refractivity contribution in [2.45, 2.75) is 46.1 Å². The maximum atomic E-state index is 2.61. The average Bonchev–Trinajstić information content (AvgIpc) is 2.61. The molecule has 19 heavy (non-hydrogen) atoms. The van der Waals surface area contributed by atoms with Crippen LogP contribution in [0.15, 0.2) is 42.0 Å². The highest BCUT2D eigenvalue weighted by atomic mass is 15.1. The minimum atomic E-state index is 0.771. The minimum Gasteiger partial charge on any atom is -0.299 e. The third-order valence-corrected chi connectivity index (χ3v) is 4.17. The fourth-order valence-electron chi connectivity index (χ4n) is 2.84. The second kappa shape index (κ2) is 7.49. The Bertz CT molecular complexity index is 393. The molecule has 0 saturated carbocycles. The lowest BCUT2D eigenvalue weighted by Crippen LogP contribution is -2.24. The van der Waals surface area contributed by atoms with Crippen LogP contribution >= 0.6 is 0 Å². The van der Waals surface area contributed by atoms with Crippen LogP contribution < -0.4 is 0 Å². The van der Waals surface area contributed by atoms with Crippen molar-refractivity contribution >= 4 is 0 Å². The standard InChI is InChI=1S/C18H27N/c1-3-4-10-18-12-14-19(13-11-16(18)2)15-17-8-6-5-7-9-17/h5-10,16H,3-4,11-15H2,1-2H3/b18-10+. The Balaban J connectivity index is 1.92. The third-order valence-electron chi connectivity index (χ3n) is 4.17. The van der Waals surface area contributed by atoms with Gasteiger partial charge in [0, 0.05) is 13.1 Å². The second-order valence-corrected chi connectivity index (χ2v) is 5.77. The van der Waals surface area contributed by atoms with Gasteiger partial charge in [0.2, 0.25) is 0 Å². The van der Waals surface area contributed by atoms with Gasteiger partial charge in [0.15, 0.2) is 0 Å². The quantitative estimate of drug-likeness (QED) is 0.710. The molecular weight excluding hydrogens is 230 g/mol. The topological polar surface area (TPSA) is 3.24 Å². The SMILES string of the molecule is CCC/C=C1\CCN(Cc2ccccc2)CCC1C. The fourth-order valence-corrected chi connectivity index (χ4v) is 2.84. The zero-order chi connectivity index (χ0) is 13.5. The Morgan fingerprint density at radius 3 is 2.74 bits per heavy atom. The predicted molar refractivity (Wildman–Crippen MR) is 83.1 cm³/mol. The number of unbranched alkanes of at least 4 members (excludes halogenated alkanes) is 1. The molecule has 1 atom stereocenters. The molecule has 1 fully saturated rings. The van der Waals surface area contributed by atoms with Crippen LogP contribution in [0.25, 0.3) is 0 Å². The van der Waals surface area contributed by atoms with Crippen LogP contribution in [-0.4, -0.2) is 18.0 Å². The largest absolute Gasteiger partial charge is 0.299 e. The Kier molecular flexibility index (Phi) is 5.65. The normalized spacial score (nSPS) is 23.5. The molecule has 2 rings (SSSR count). The highest BCUT2D eigenvalue weighted by Gasteiger charge is 2.17. The number of hydrogen-bond acceptors (Lipinski definition) is 1. The molecule has 1 aliphatic rings. The van der Waals surface area contributed by atoms with E-state index in [4.69, 9.17) is 0 Å².